The zero-order chi connectivity index (χ0) is 14.3. The Morgan fingerprint density at radius 3 is 2.24 bits per heavy atom. The van der Waals surface area contributed by atoms with Crippen molar-refractivity contribution >= 4 is 5.96 Å². The molecule has 0 saturated carbocycles. The molecule has 0 unspecified atom stereocenters. The summed E-state index contributed by atoms with van der Waals surface area (Å²) in [6.45, 7) is 1.64. The molecule has 2 aromatic carbocycles. The molecule has 1 aliphatic heterocycles. The molecule has 3 nitrogen and oxygen atoms in total. The van der Waals surface area contributed by atoms with Crippen molar-refractivity contribution in [3.63, 3.8) is 0 Å². The van der Waals surface area contributed by atoms with Crippen LogP contribution in [0.4, 0.5) is 0 Å². The summed E-state index contributed by atoms with van der Waals surface area (Å²) >= 11 is 0. The minimum Gasteiger partial charge on any atom is -0.370 e. The summed E-state index contributed by atoms with van der Waals surface area (Å²) in [7, 11) is 0. The molecular weight excluding hydrogens is 258 g/mol. The highest BCUT2D eigenvalue weighted by atomic mass is 15.4. The summed E-state index contributed by atoms with van der Waals surface area (Å²) in [5.41, 5.74) is 10.4. The predicted octanol–water partition coefficient (Wildman–Crippen LogP) is 2.35. The molecule has 1 heterocycles. The van der Waals surface area contributed by atoms with Gasteiger partial charge >= 0.3 is 0 Å². The summed E-state index contributed by atoms with van der Waals surface area (Å²) in [5.74, 6) is 0.687. The molecule has 1 spiro atoms. The van der Waals surface area contributed by atoms with Gasteiger partial charge in [0.05, 0.1) is 12.1 Å². The van der Waals surface area contributed by atoms with Crippen molar-refractivity contribution in [3.05, 3.63) is 71.3 Å². The molecule has 0 bridgehead atoms. The summed E-state index contributed by atoms with van der Waals surface area (Å²) in [4.78, 5) is 6.86. The van der Waals surface area contributed by atoms with Gasteiger partial charge in [-0.25, -0.2) is 0 Å². The van der Waals surface area contributed by atoms with Crippen LogP contribution in [0.15, 0.2) is 59.6 Å². The Morgan fingerprint density at radius 2 is 1.57 bits per heavy atom. The fourth-order valence-electron chi connectivity index (χ4n) is 3.63. The lowest BCUT2D eigenvalue weighted by Crippen LogP contribution is -2.51. The fraction of sp³-hybridized carbons (Fsp3) is 0.278. The van der Waals surface area contributed by atoms with Crippen molar-refractivity contribution in [2.75, 3.05) is 6.54 Å². The molecular formula is C18H19N3. The number of aliphatic imine (C=N–C) groups is 1. The Labute approximate surface area is 125 Å². The average molecular weight is 277 g/mol. The first kappa shape index (κ1) is 12.5. The van der Waals surface area contributed by atoms with Crippen molar-refractivity contribution < 1.29 is 0 Å². The van der Waals surface area contributed by atoms with Crippen LogP contribution in [0.3, 0.4) is 0 Å². The summed E-state index contributed by atoms with van der Waals surface area (Å²) in [6, 6.07) is 19.2. The summed E-state index contributed by atoms with van der Waals surface area (Å²) < 4.78 is 0. The highest BCUT2D eigenvalue weighted by molar-refractivity contribution is 5.81. The van der Waals surface area contributed by atoms with Gasteiger partial charge in [0.1, 0.15) is 0 Å². The second kappa shape index (κ2) is 4.62. The SMILES string of the molecule is NC1=NCC2(Cc3ccccc3C2)N1Cc1ccccc1. The van der Waals surface area contributed by atoms with Gasteiger partial charge in [-0.3, -0.25) is 4.99 Å². The van der Waals surface area contributed by atoms with Gasteiger partial charge in [0.15, 0.2) is 5.96 Å². The topological polar surface area (TPSA) is 41.6 Å². The van der Waals surface area contributed by atoms with Crippen molar-refractivity contribution in [2.45, 2.75) is 24.9 Å². The largest absolute Gasteiger partial charge is 0.370 e. The van der Waals surface area contributed by atoms with Gasteiger partial charge < -0.3 is 10.6 Å². The third-order valence-corrected chi connectivity index (χ3v) is 4.73. The van der Waals surface area contributed by atoms with E-state index in [1.807, 2.05) is 6.07 Å². The monoisotopic (exact) mass is 277 g/mol. The number of hydrogen-bond acceptors (Lipinski definition) is 3. The Bertz CT molecular complexity index is 666. The first-order valence-electron chi connectivity index (χ1n) is 7.45. The molecule has 1 aliphatic carbocycles. The zero-order valence-electron chi connectivity index (χ0n) is 12.0. The molecule has 2 aliphatic rings. The molecule has 0 aromatic heterocycles. The lowest BCUT2D eigenvalue weighted by molar-refractivity contribution is 0.204. The van der Waals surface area contributed by atoms with Gasteiger partial charge in [0.2, 0.25) is 0 Å². The van der Waals surface area contributed by atoms with E-state index in [4.69, 9.17) is 5.73 Å². The second-order valence-electron chi connectivity index (χ2n) is 6.09. The maximum Gasteiger partial charge on any atom is 0.192 e. The average Bonchev–Trinajstić information content (AvgIpc) is 3.03. The number of hydrogen-bond donors (Lipinski definition) is 1. The van der Waals surface area contributed by atoms with Crippen LogP contribution in [0, 0.1) is 0 Å². The third-order valence-electron chi connectivity index (χ3n) is 4.73. The fourth-order valence-corrected chi connectivity index (χ4v) is 3.63. The first-order chi connectivity index (χ1) is 10.3. The molecule has 0 radical (unpaired) electrons. The van der Waals surface area contributed by atoms with E-state index in [1.54, 1.807) is 0 Å². The van der Waals surface area contributed by atoms with Crippen molar-refractivity contribution in [2.24, 2.45) is 10.7 Å². The van der Waals surface area contributed by atoms with Crippen LogP contribution in [-0.2, 0) is 19.4 Å². The maximum atomic E-state index is 6.19. The Hall–Kier alpha value is -2.29. The quantitative estimate of drug-likeness (QED) is 0.915. The standard InChI is InChI=1S/C18H19N3/c19-17-20-13-18(10-15-8-4-5-9-16(15)11-18)21(17)12-14-6-2-1-3-7-14/h1-9H,10-13H2,(H2,19,20). The van der Waals surface area contributed by atoms with Crippen LogP contribution >= 0.6 is 0 Å². The Morgan fingerprint density at radius 1 is 0.952 bits per heavy atom. The van der Waals surface area contributed by atoms with E-state index in [9.17, 15) is 0 Å². The van der Waals surface area contributed by atoms with Gasteiger partial charge in [-0.2, -0.15) is 0 Å². The van der Waals surface area contributed by atoms with Crippen LogP contribution in [0.1, 0.15) is 16.7 Å². The minimum absolute atomic E-state index is 0.0452. The summed E-state index contributed by atoms with van der Waals surface area (Å²) in [5, 5.41) is 0. The molecule has 0 amide bonds. The Balaban J connectivity index is 1.65. The van der Waals surface area contributed by atoms with Gasteiger partial charge in [0, 0.05) is 6.54 Å². The molecule has 106 valence electrons. The molecule has 0 fully saturated rings. The highest BCUT2D eigenvalue weighted by Gasteiger charge is 2.46. The molecule has 0 saturated heterocycles. The molecule has 3 heteroatoms. The number of guanidine groups is 1. The molecule has 2 N–H and O–H groups in total. The van der Waals surface area contributed by atoms with Crippen LogP contribution in [0.2, 0.25) is 0 Å². The minimum atomic E-state index is 0.0452. The van der Waals surface area contributed by atoms with Crippen molar-refractivity contribution in [3.8, 4) is 0 Å². The number of nitrogens with zero attached hydrogens (tertiary/aromatic N) is 2. The van der Waals surface area contributed by atoms with Crippen molar-refractivity contribution in [1.82, 2.24) is 4.90 Å². The van der Waals surface area contributed by atoms with Crippen molar-refractivity contribution in [1.29, 1.82) is 0 Å². The van der Waals surface area contributed by atoms with Gasteiger partial charge in [-0.15, -0.1) is 0 Å². The van der Waals surface area contributed by atoms with E-state index in [1.165, 1.54) is 16.7 Å². The van der Waals surface area contributed by atoms with Gasteiger partial charge in [-0.05, 0) is 29.5 Å². The number of rotatable bonds is 2. The van der Waals surface area contributed by atoms with Gasteiger partial charge in [-0.1, -0.05) is 54.6 Å². The zero-order valence-corrected chi connectivity index (χ0v) is 12.0. The van der Waals surface area contributed by atoms with E-state index in [-0.39, 0.29) is 5.54 Å². The smallest absolute Gasteiger partial charge is 0.192 e. The predicted molar refractivity (Wildman–Crippen MR) is 85.1 cm³/mol. The van der Waals surface area contributed by atoms with Crippen LogP contribution in [-0.4, -0.2) is 22.9 Å². The van der Waals surface area contributed by atoms with E-state index in [2.05, 4.69) is 58.4 Å². The lowest BCUT2D eigenvalue weighted by Gasteiger charge is -2.36. The Kier molecular flexibility index (Phi) is 2.74. The highest BCUT2D eigenvalue weighted by Crippen LogP contribution is 2.38. The molecule has 4 rings (SSSR count). The van der Waals surface area contributed by atoms with E-state index in [0.717, 1.165) is 25.9 Å². The van der Waals surface area contributed by atoms with Crippen LogP contribution in [0.25, 0.3) is 0 Å². The molecule has 2 aromatic rings. The van der Waals surface area contributed by atoms with Crippen LogP contribution in [0.5, 0.6) is 0 Å². The van der Waals surface area contributed by atoms with Gasteiger partial charge in [0.25, 0.3) is 0 Å². The molecule has 0 atom stereocenters. The van der Waals surface area contributed by atoms with Crippen LogP contribution < -0.4 is 5.73 Å². The first-order valence-corrected chi connectivity index (χ1v) is 7.45. The van der Waals surface area contributed by atoms with E-state index in [0.29, 0.717) is 5.96 Å². The second-order valence-corrected chi connectivity index (χ2v) is 6.09. The number of fused-ring (bicyclic) bond motifs is 1. The summed E-state index contributed by atoms with van der Waals surface area (Å²) in [6.07, 6.45) is 2.08. The van der Waals surface area contributed by atoms with E-state index >= 15 is 0 Å². The third kappa shape index (κ3) is 2.00. The number of benzene rings is 2. The molecule has 21 heavy (non-hydrogen) atoms. The normalized spacial score (nSPS) is 18.9. The number of nitrogens with two attached hydrogens (primary N) is 1. The lowest BCUT2D eigenvalue weighted by atomic mass is 9.94. The maximum absolute atomic E-state index is 6.19. The van der Waals surface area contributed by atoms with E-state index < -0.39 is 0 Å².